The zero-order valence-corrected chi connectivity index (χ0v) is 21.9. The van der Waals surface area contributed by atoms with Crippen molar-refractivity contribution in [3.8, 4) is 0 Å². The quantitative estimate of drug-likeness (QED) is 0.309. The molecule has 0 saturated heterocycles. The van der Waals surface area contributed by atoms with E-state index in [2.05, 4.69) is 15.6 Å². The number of nitrogens with one attached hydrogen (secondary N) is 2. The van der Waals surface area contributed by atoms with Gasteiger partial charge in [-0.05, 0) is 54.2 Å². The monoisotopic (exact) mass is 533 g/mol. The third kappa shape index (κ3) is 6.47. The molecule has 3 amide bonds. The Morgan fingerprint density at radius 3 is 2.59 bits per heavy atom. The summed E-state index contributed by atoms with van der Waals surface area (Å²) in [6.07, 6.45) is 1.90. The molecule has 0 aromatic heterocycles. The van der Waals surface area contributed by atoms with E-state index in [1.165, 1.54) is 0 Å². The van der Waals surface area contributed by atoms with E-state index < -0.39 is 25.2 Å². The summed E-state index contributed by atoms with van der Waals surface area (Å²) in [5.41, 5.74) is 9.77. The molecule has 4 rings (SSSR count). The number of carbonyl (C=O) groups is 3. The number of carbonyl (C=O) groups excluding carboxylic acids is 2. The van der Waals surface area contributed by atoms with Crippen molar-refractivity contribution in [2.75, 3.05) is 25.0 Å². The molecule has 11 nitrogen and oxygen atoms in total. The summed E-state index contributed by atoms with van der Waals surface area (Å²) in [4.78, 5) is 43.3. The molecular weight excluding hydrogens is 501 g/mol. The minimum atomic E-state index is -1.24. The predicted octanol–water partition coefficient (Wildman–Crippen LogP) is 2.39. The average Bonchev–Trinajstić information content (AvgIpc) is 3.10. The van der Waals surface area contributed by atoms with Crippen molar-refractivity contribution >= 4 is 53.8 Å². The molecule has 2 aliphatic rings. The molecule has 6 N–H and O–H groups in total. The van der Waals surface area contributed by atoms with Crippen LogP contribution < -0.4 is 21.8 Å². The molecule has 0 radical (unpaired) electrons. The highest BCUT2D eigenvalue weighted by atomic mass is 16.5. The largest absolute Gasteiger partial charge is 0.492 e. The predicted molar refractivity (Wildman–Crippen MR) is 149 cm³/mol. The highest BCUT2D eigenvalue weighted by Gasteiger charge is 2.35. The first-order valence-corrected chi connectivity index (χ1v) is 12.9. The Hall–Kier alpha value is -4.16. The van der Waals surface area contributed by atoms with Gasteiger partial charge in [0.1, 0.15) is 5.84 Å². The van der Waals surface area contributed by atoms with Gasteiger partial charge in [-0.3, -0.25) is 9.59 Å². The van der Waals surface area contributed by atoms with Crippen molar-refractivity contribution in [1.29, 1.82) is 0 Å². The van der Waals surface area contributed by atoms with E-state index in [-0.39, 0.29) is 18.9 Å². The maximum Gasteiger partial charge on any atom is 0.492 e. The molecule has 2 aliphatic heterocycles. The van der Waals surface area contributed by atoms with Gasteiger partial charge in [-0.15, -0.1) is 0 Å². The lowest BCUT2D eigenvalue weighted by atomic mass is 9.79. The molecule has 2 aromatic rings. The number of anilines is 1. The second-order valence-electron chi connectivity index (χ2n) is 9.48. The Morgan fingerprint density at radius 2 is 1.90 bits per heavy atom. The highest BCUT2D eigenvalue weighted by Crippen LogP contribution is 2.29. The molecular formula is C27H32BN5O6. The topological polar surface area (TPSA) is 167 Å². The number of amides is 3. The maximum atomic E-state index is 13.2. The molecule has 0 spiro atoms. The Labute approximate surface area is 226 Å². The van der Waals surface area contributed by atoms with E-state index in [0.29, 0.717) is 58.0 Å². The van der Waals surface area contributed by atoms with E-state index in [1.54, 1.807) is 42.5 Å². The molecule has 0 bridgehead atoms. The lowest BCUT2D eigenvalue weighted by Gasteiger charge is -2.22. The first kappa shape index (κ1) is 27.9. The highest BCUT2D eigenvalue weighted by molar-refractivity contribution is 6.62. The normalized spacial score (nSPS) is 15.9. The van der Waals surface area contributed by atoms with Gasteiger partial charge >= 0.3 is 13.2 Å². The lowest BCUT2D eigenvalue weighted by molar-refractivity contribution is -0.127. The number of rotatable bonds is 9. The molecule has 204 valence electrons. The van der Waals surface area contributed by atoms with Gasteiger partial charge in [0.05, 0.1) is 11.8 Å². The first-order valence-electron chi connectivity index (χ1n) is 12.9. The van der Waals surface area contributed by atoms with Gasteiger partial charge in [-0.2, -0.15) is 0 Å². The lowest BCUT2D eigenvalue weighted by Crippen LogP contribution is -2.34. The van der Waals surface area contributed by atoms with Crippen molar-refractivity contribution in [1.82, 2.24) is 10.2 Å². The fourth-order valence-corrected chi connectivity index (χ4v) is 4.73. The molecule has 0 fully saturated rings. The molecule has 1 atom stereocenters. The van der Waals surface area contributed by atoms with Crippen LogP contribution in [0.5, 0.6) is 0 Å². The van der Waals surface area contributed by atoms with Crippen LogP contribution in [0.2, 0.25) is 0 Å². The van der Waals surface area contributed by atoms with E-state index in [1.807, 2.05) is 18.7 Å². The van der Waals surface area contributed by atoms with E-state index in [4.69, 9.17) is 15.5 Å². The first-order chi connectivity index (χ1) is 18.7. The Morgan fingerprint density at radius 1 is 1.15 bits per heavy atom. The summed E-state index contributed by atoms with van der Waals surface area (Å²) in [5, 5.41) is 24.1. The van der Waals surface area contributed by atoms with Crippen LogP contribution in [-0.4, -0.2) is 65.5 Å². The number of hydrogen-bond acceptors (Lipinski definition) is 7. The van der Waals surface area contributed by atoms with Gasteiger partial charge < -0.3 is 36.1 Å². The number of nitrogens with two attached hydrogens (primary N) is 1. The van der Waals surface area contributed by atoms with Gasteiger partial charge in [-0.25, -0.2) is 9.79 Å². The second kappa shape index (κ2) is 12.1. The van der Waals surface area contributed by atoms with Crippen molar-refractivity contribution in [3.05, 3.63) is 58.7 Å². The van der Waals surface area contributed by atoms with Crippen LogP contribution in [-0.2, 0) is 9.45 Å². The third-order valence-corrected chi connectivity index (χ3v) is 6.50. The molecule has 0 saturated carbocycles. The molecule has 1 unspecified atom stereocenters. The standard InChI is InChI=1S/C27H32BN5O6/c1-3-9-33(10-4-2)26(35)18-11-16-5-6-17(12-22(16)32-24(29)13-18)25(34)31-19-7-8-20-21(14-19)28(38)39-23(20)15-30-27(36)37/h5-8,11-12,14,23,30,38H,3-4,9-10,13,15H2,1-2H3,(H2,29,32)(H,31,34)(H,36,37). The van der Waals surface area contributed by atoms with Gasteiger partial charge in [0, 0.05) is 48.4 Å². The number of nitrogens with zero attached hydrogens (tertiary/aromatic N) is 2. The van der Waals surface area contributed by atoms with Crippen LogP contribution in [0, 0.1) is 0 Å². The van der Waals surface area contributed by atoms with Crippen LogP contribution in [0.3, 0.4) is 0 Å². The Bertz CT molecular complexity index is 1340. The van der Waals surface area contributed by atoms with E-state index in [9.17, 15) is 19.4 Å². The number of benzene rings is 2. The van der Waals surface area contributed by atoms with Crippen LogP contribution in [0.1, 0.15) is 60.7 Å². The van der Waals surface area contributed by atoms with Crippen molar-refractivity contribution in [2.24, 2.45) is 10.7 Å². The van der Waals surface area contributed by atoms with Gasteiger partial charge in [0.2, 0.25) is 5.91 Å². The summed E-state index contributed by atoms with van der Waals surface area (Å²) in [5.74, 6) is -0.167. The van der Waals surface area contributed by atoms with E-state index >= 15 is 0 Å². The zero-order valence-electron chi connectivity index (χ0n) is 21.9. The molecule has 2 heterocycles. The van der Waals surface area contributed by atoms with Crippen molar-refractivity contribution < 1.29 is 29.2 Å². The summed E-state index contributed by atoms with van der Waals surface area (Å²) in [7, 11) is -1.24. The van der Waals surface area contributed by atoms with Crippen LogP contribution in [0.25, 0.3) is 6.08 Å². The minimum Gasteiger partial charge on any atom is -0.465 e. The second-order valence-corrected chi connectivity index (χ2v) is 9.48. The van der Waals surface area contributed by atoms with Crippen molar-refractivity contribution in [2.45, 2.75) is 39.2 Å². The van der Waals surface area contributed by atoms with E-state index in [0.717, 1.165) is 12.8 Å². The fraction of sp³-hybridized carbons (Fsp3) is 0.333. The van der Waals surface area contributed by atoms with Gasteiger partial charge in [0.25, 0.3) is 5.91 Å². The zero-order chi connectivity index (χ0) is 28.1. The average molecular weight is 533 g/mol. The van der Waals surface area contributed by atoms with Crippen LogP contribution >= 0.6 is 0 Å². The summed E-state index contributed by atoms with van der Waals surface area (Å²) < 4.78 is 5.44. The van der Waals surface area contributed by atoms with Gasteiger partial charge in [-0.1, -0.05) is 26.0 Å². The number of carboxylic acid groups (broad SMARTS) is 1. The molecule has 39 heavy (non-hydrogen) atoms. The number of hydrogen-bond donors (Lipinski definition) is 5. The SMILES string of the molecule is CCCN(CCC)C(=O)C1=Cc2ccc(C(=O)Nc3ccc4c(c3)B(O)OC4CNC(=O)O)cc2N=C(N)C1. The Kier molecular flexibility index (Phi) is 8.67. The summed E-state index contributed by atoms with van der Waals surface area (Å²) >= 11 is 0. The summed E-state index contributed by atoms with van der Waals surface area (Å²) in [6, 6.07) is 9.95. The third-order valence-electron chi connectivity index (χ3n) is 6.50. The maximum absolute atomic E-state index is 13.2. The smallest absolute Gasteiger partial charge is 0.465 e. The molecule has 0 aliphatic carbocycles. The van der Waals surface area contributed by atoms with Crippen molar-refractivity contribution in [3.63, 3.8) is 0 Å². The molecule has 2 aromatic carbocycles. The molecule has 12 heteroatoms. The number of amidine groups is 1. The number of fused-ring (bicyclic) bond motifs is 2. The van der Waals surface area contributed by atoms with Gasteiger partial charge in [0.15, 0.2) is 0 Å². The fourth-order valence-electron chi connectivity index (χ4n) is 4.73. The Balaban J connectivity index is 1.52. The number of aliphatic imine (C=N–C) groups is 1. The van der Waals surface area contributed by atoms with Crippen LogP contribution in [0.15, 0.2) is 47.0 Å². The minimum absolute atomic E-state index is 0.0130. The summed E-state index contributed by atoms with van der Waals surface area (Å²) in [6.45, 7) is 5.38. The van der Waals surface area contributed by atoms with Crippen LogP contribution in [0.4, 0.5) is 16.2 Å².